The van der Waals surface area contributed by atoms with Gasteiger partial charge in [-0.25, -0.2) is 4.98 Å². The van der Waals surface area contributed by atoms with Crippen LogP contribution in [-0.2, 0) is 6.54 Å². The van der Waals surface area contributed by atoms with E-state index in [9.17, 15) is 0 Å². The number of pyridine rings is 1. The molecule has 0 spiro atoms. The van der Waals surface area contributed by atoms with Crippen molar-refractivity contribution in [1.29, 1.82) is 0 Å². The molecule has 1 heterocycles. The molecule has 1 aromatic rings. The first kappa shape index (κ1) is 11.4. The van der Waals surface area contributed by atoms with Crippen molar-refractivity contribution in [3.8, 4) is 5.88 Å². The van der Waals surface area contributed by atoms with Gasteiger partial charge in [-0.3, -0.25) is 0 Å². The molecule has 1 atom stereocenters. The highest BCUT2D eigenvalue weighted by Crippen LogP contribution is 2.34. The summed E-state index contributed by atoms with van der Waals surface area (Å²) in [5, 5.41) is 3.62. The number of ether oxygens (including phenoxy) is 1. The SMILES string of the molecule is CCC(NCc1ccnc(OC)c1)C1CC1. The molecule has 16 heavy (non-hydrogen) atoms. The van der Waals surface area contributed by atoms with E-state index in [0.29, 0.717) is 11.9 Å². The van der Waals surface area contributed by atoms with Crippen molar-refractivity contribution in [2.24, 2.45) is 5.92 Å². The molecule has 1 unspecified atom stereocenters. The van der Waals surface area contributed by atoms with E-state index in [1.54, 1.807) is 13.3 Å². The third-order valence-electron chi connectivity index (χ3n) is 3.21. The first-order chi connectivity index (χ1) is 7.83. The van der Waals surface area contributed by atoms with Gasteiger partial charge in [0.25, 0.3) is 0 Å². The Labute approximate surface area is 97.2 Å². The quantitative estimate of drug-likeness (QED) is 0.799. The number of aromatic nitrogens is 1. The van der Waals surface area contributed by atoms with E-state index in [2.05, 4.69) is 17.2 Å². The van der Waals surface area contributed by atoms with Crippen molar-refractivity contribution < 1.29 is 4.74 Å². The molecule has 3 heteroatoms. The van der Waals surface area contributed by atoms with Crippen LogP contribution in [-0.4, -0.2) is 18.1 Å². The van der Waals surface area contributed by atoms with Gasteiger partial charge in [0.1, 0.15) is 0 Å². The molecule has 0 saturated heterocycles. The summed E-state index contributed by atoms with van der Waals surface area (Å²) in [7, 11) is 1.65. The van der Waals surface area contributed by atoms with Crippen molar-refractivity contribution in [3.05, 3.63) is 23.9 Å². The van der Waals surface area contributed by atoms with Gasteiger partial charge in [0.2, 0.25) is 5.88 Å². The Kier molecular flexibility index (Phi) is 3.78. The van der Waals surface area contributed by atoms with Crippen LogP contribution in [0.3, 0.4) is 0 Å². The average Bonchev–Trinajstić information content (AvgIpc) is 3.15. The number of hydrogen-bond donors (Lipinski definition) is 1. The summed E-state index contributed by atoms with van der Waals surface area (Å²) in [5.41, 5.74) is 1.24. The Morgan fingerprint density at radius 1 is 1.56 bits per heavy atom. The molecular formula is C13H20N2O. The lowest BCUT2D eigenvalue weighted by atomic mass is 10.1. The third kappa shape index (κ3) is 2.95. The predicted molar refractivity (Wildman–Crippen MR) is 64.4 cm³/mol. The molecule has 1 aliphatic rings. The lowest BCUT2D eigenvalue weighted by molar-refractivity contribution is 0.396. The van der Waals surface area contributed by atoms with Crippen LogP contribution in [0.25, 0.3) is 0 Å². The maximum absolute atomic E-state index is 5.11. The highest BCUT2D eigenvalue weighted by atomic mass is 16.5. The standard InChI is InChI=1S/C13H20N2O/c1-3-12(11-4-5-11)15-9-10-6-7-14-13(8-10)16-2/h6-8,11-12,15H,3-5,9H2,1-2H3. The summed E-state index contributed by atoms with van der Waals surface area (Å²) in [6.45, 7) is 3.16. The van der Waals surface area contributed by atoms with Gasteiger partial charge in [-0.05, 0) is 36.8 Å². The van der Waals surface area contributed by atoms with Crippen molar-refractivity contribution in [3.63, 3.8) is 0 Å². The van der Waals surface area contributed by atoms with Crippen molar-refractivity contribution in [1.82, 2.24) is 10.3 Å². The minimum Gasteiger partial charge on any atom is -0.481 e. The fraction of sp³-hybridized carbons (Fsp3) is 0.615. The number of rotatable bonds is 6. The molecule has 0 radical (unpaired) electrons. The van der Waals surface area contributed by atoms with Gasteiger partial charge in [-0.1, -0.05) is 6.92 Å². The molecule has 1 saturated carbocycles. The van der Waals surface area contributed by atoms with Gasteiger partial charge in [0.15, 0.2) is 0 Å². The fourth-order valence-corrected chi connectivity index (χ4v) is 2.06. The molecular weight excluding hydrogens is 200 g/mol. The monoisotopic (exact) mass is 220 g/mol. The molecule has 88 valence electrons. The fourth-order valence-electron chi connectivity index (χ4n) is 2.06. The summed E-state index contributed by atoms with van der Waals surface area (Å²) in [5.74, 6) is 1.60. The minimum atomic E-state index is 0.680. The van der Waals surface area contributed by atoms with E-state index in [4.69, 9.17) is 4.74 Å². The van der Waals surface area contributed by atoms with Crippen LogP contribution in [0.4, 0.5) is 0 Å². The second-order valence-electron chi connectivity index (χ2n) is 4.44. The molecule has 1 aliphatic carbocycles. The van der Waals surface area contributed by atoms with Crippen LogP contribution < -0.4 is 10.1 Å². The second-order valence-corrected chi connectivity index (χ2v) is 4.44. The van der Waals surface area contributed by atoms with Crippen molar-refractivity contribution in [2.45, 2.75) is 38.8 Å². The third-order valence-corrected chi connectivity index (χ3v) is 3.21. The summed E-state index contributed by atoms with van der Waals surface area (Å²) in [6, 6.07) is 4.71. The van der Waals surface area contributed by atoms with Crippen LogP contribution in [0, 0.1) is 5.92 Å². The second kappa shape index (κ2) is 5.30. The van der Waals surface area contributed by atoms with Crippen molar-refractivity contribution in [2.75, 3.05) is 7.11 Å². The van der Waals surface area contributed by atoms with E-state index < -0.39 is 0 Å². The van der Waals surface area contributed by atoms with Gasteiger partial charge in [0, 0.05) is 24.8 Å². The topological polar surface area (TPSA) is 34.2 Å². The Balaban J connectivity index is 1.87. The number of nitrogens with one attached hydrogen (secondary N) is 1. The Morgan fingerprint density at radius 2 is 2.38 bits per heavy atom. The highest BCUT2D eigenvalue weighted by molar-refractivity contribution is 5.20. The minimum absolute atomic E-state index is 0.680. The maximum Gasteiger partial charge on any atom is 0.213 e. The number of methoxy groups -OCH3 is 1. The van der Waals surface area contributed by atoms with Gasteiger partial charge >= 0.3 is 0 Å². The molecule has 3 nitrogen and oxygen atoms in total. The molecule has 1 fully saturated rings. The zero-order valence-electron chi connectivity index (χ0n) is 10.1. The Bertz CT molecular complexity index is 336. The van der Waals surface area contributed by atoms with Crippen LogP contribution in [0.5, 0.6) is 5.88 Å². The summed E-state index contributed by atoms with van der Waals surface area (Å²) < 4.78 is 5.11. The highest BCUT2D eigenvalue weighted by Gasteiger charge is 2.29. The molecule has 0 amide bonds. The van der Waals surface area contributed by atoms with Gasteiger partial charge < -0.3 is 10.1 Å². The lowest BCUT2D eigenvalue weighted by Gasteiger charge is -2.16. The van der Waals surface area contributed by atoms with Crippen LogP contribution in [0.1, 0.15) is 31.7 Å². The van der Waals surface area contributed by atoms with Crippen LogP contribution in [0.2, 0.25) is 0 Å². The zero-order chi connectivity index (χ0) is 11.4. The van der Waals surface area contributed by atoms with E-state index in [0.717, 1.165) is 12.5 Å². The predicted octanol–water partition coefficient (Wildman–Crippen LogP) is 2.37. The van der Waals surface area contributed by atoms with Gasteiger partial charge in [-0.15, -0.1) is 0 Å². The summed E-state index contributed by atoms with van der Waals surface area (Å²) in [4.78, 5) is 4.10. The normalized spacial score (nSPS) is 17.1. The van der Waals surface area contributed by atoms with E-state index in [1.807, 2.05) is 12.1 Å². The van der Waals surface area contributed by atoms with Crippen molar-refractivity contribution >= 4 is 0 Å². The first-order valence-electron chi connectivity index (χ1n) is 6.05. The lowest BCUT2D eigenvalue weighted by Crippen LogP contribution is -2.29. The molecule has 0 bridgehead atoms. The molecule has 2 rings (SSSR count). The molecule has 1 N–H and O–H groups in total. The first-order valence-corrected chi connectivity index (χ1v) is 6.05. The Morgan fingerprint density at radius 3 is 3.00 bits per heavy atom. The maximum atomic E-state index is 5.11. The Hall–Kier alpha value is -1.09. The largest absolute Gasteiger partial charge is 0.481 e. The van der Waals surface area contributed by atoms with E-state index in [1.165, 1.54) is 24.8 Å². The summed E-state index contributed by atoms with van der Waals surface area (Å²) >= 11 is 0. The van der Waals surface area contributed by atoms with Crippen LogP contribution >= 0.6 is 0 Å². The smallest absolute Gasteiger partial charge is 0.213 e. The van der Waals surface area contributed by atoms with E-state index in [-0.39, 0.29) is 0 Å². The van der Waals surface area contributed by atoms with E-state index >= 15 is 0 Å². The van der Waals surface area contributed by atoms with Gasteiger partial charge in [0.05, 0.1) is 7.11 Å². The van der Waals surface area contributed by atoms with Gasteiger partial charge in [-0.2, -0.15) is 0 Å². The number of hydrogen-bond acceptors (Lipinski definition) is 3. The van der Waals surface area contributed by atoms with Crippen LogP contribution in [0.15, 0.2) is 18.3 Å². The zero-order valence-corrected chi connectivity index (χ0v) is 10.1. The number of nitrogens with zero attached hydrogens (tertiary/aromatic N) is 1. The molecule has 0 aromatic carbocycles. The average molecular weight is 220 g/mol. The molecule has 1 aromatic heterocycles. The summed E-state index contributed by atoms with van der Waals surface area (Å²) in [6.07, 6.45) is 5.80. The molecule has 0 aliphatic heterocycles.